The average molecular weight is 367 g/mol. The summed E-state index contributed by atoms with van der Waals surface area (Å²) >= 11 is 9.43. The third kappa shape index (κ3) is 2.89. The number of nitrogens with zero attached hydrogens (tertiary/aromatic N) is 3. The van der Waals surface area contributed by atoms with Crippen molar-refractivity contribution < 1.29 is 4.74 Å². The first-order valence-corrected chi connectivity index (χ1v) is 7.73. The molecule has 2 heterocycles. The number of benzene rings is 1. The number of hydrogen-bond donors (Lipinski definition) is 0. The highest BCUT2D eigenvalue weighted by molar-refractivity contribution is 9.10. The second kappa shape index (κ2) is 6.03. The molecule has 3 aromatic rings. The van der Waals surface area contributed by atoms with Gasteiger partial charge in [-0.1, -0.05) is 12.1 Å². The standard InChI is InChI=1S/C15H13BrClN3O/c1-21-12-4-2-10(3-5-12)9-20-14(7-17)19-13-6-11(16)8-18-15(13)20/h2-6,8H,7,9H2,1H3. The van der Waals surface area contributed by atoms with Gasteiger partial charge in [-0.2, -0.15) is 0 Å². The minimum atomic E-state index is 0.351. The van der Waals surface area contributed by atoms with Crippen LogP contribution in [0.15, 0.2) is 41.0 Å². The Morgan fingerprint density at radius 2 is 2.05 bits per heavy atom. The molecule has 6 heteroatoms. The molecule has 0 unspecified atom stereocenters. The van der Waals surface area contributed by atoms with Gasteiger partial charge < -0.3 is 9.30 Å². The van der Waals surface area contributed by atoms with Gasteiger partial charge in [-0.25, -0.2) is 9.97 Å². The van der Waals surface area contributed by atoms with Crippen LogP contribution >= 0.6 is 27.5 Å². The van der Waals surface area contributed by atoms with Crippen molar-refractivity contribution in [2.45, 2.75) is 12.4 Å². The summed E-state index contributed by atoms with van der Waals surface area (Å²) in [5.74, 6) is 2.01. The molecule has 0 fully saturated rings. The van der Waals surface area contributed by atoms with Crippen LogP contribution in [0.5, 0.6) is 5.75 Å². The van der Waals surface area contributed by atoms with Crippen LogP contribution in [0.1, 0.15) is 11.4 Å². The molecule has 0 aliphatic heterocycles. The third-order valence-corrected chi connectivity index (χ3v) is 3.92. The van der Waals surface area contributed by atoms with E-state index in [9.17, 15) is 0 Å². The Balaban J connectivity index is 2.01. The quantitative estimate of drug-likeness (QED) is 0.656. The number of aromatic nitrogens is 3. The van der Waals surface area contributed by atoms with Gasteiger partial charge in [-0.3, -0.25) is 0 Å². The van der Waals surface area contributed by atoms with Gasteiger partial charge in [0.05, 0.1) is 19.5 Å². The van der Waals surface area contributed by atoms with Crippen molar-refractivity contribution in [3.05, 3.63) is 52.4 Å². The predicted octanol–water partition coefficient (Wildman–Crippen LogP) is 3.99. The lowest BCUT2D eigenvalue weighted by molar-refractivity contribution is 0.414. The van der Waals surface area contributed by atoms with Gasteiger partial charge in [0.15, 0.2) is 5.65 Å². The summed E-state index contributed by atoms with van der Waals surface area (Å²) in [5, 5.41) is 0. The van der Waals surface area contributed by atoms with E-state index in [2.05, 4.69) is 25.9 Å². The topological polar surface area (TPSA) is 39.9 Å². The van der Waals surface area contributed by atoms with Crippen LogP contribution in [-0.2, 0) is 12.4 Å². The number of halogens is 2. The molecule has 4 nitrogen and oxygen atoms in total. The first-order valence-electron chi connectivity index (χ1n) is 6.41. The first kappa shape index (κ1) is 14.4. The Bertz CT molecular complexity index is 770. The lowest BCUT2D eigenvalue weighted by Crippen LogP contribution is -2.04. The molecule has 0 N–H and O–H groups in total. The molecule has 0 aliphatic rings. The van der Waals surface area contributed by atoms with Crippen molar-refractivity contribution in [2.75, 3.05) is 7.11 Å². The van der Waals surface area contributed by atoms with Gasteiger partial charge >= 0.3 is 0 Å². The van der Waals surface area contributed by atoms with Crippen molar-refractivity contribution in [1.29, 1.82) is 0 Å². The number of rotatable bonds is 4. The molecule has 0 atom stereocenters. The molecular weight excluding hydrogens is 354 g/mol. The lowest BCUT2D eigenvalue weighted by atomic mass is 10.2. The normalized spacial score (nSPS) is 11.0. The minimum absolute atomic E-state index is 0.351. The molecule has 0 saturated heterocycles. The zero-order chi connectivity index (χ0) is 14.8. The lowest BCUT2D eigenvalue weighted by Gasteiger charge is -2.08. The minimum Gasteiger partial charge on any atom is -0.497 e. The van der Waals surface area contributed by atoms with Crippen molar-refractivity contribution in [2.24, 2.45) is 0 Å². The summed E-state index contributed by atoms with van der Waals surface area (Å²) in [4.78, 5) is 8.99. The Morgan fingerprint density at radius 1 is 1.29 bits per heavy atom. The van der Waals surface area contributed by atoms with E-state index in [1.807, 2.05) is 34.9 Å². The van der Waals surface area contributed by atoms with Crippen LogP contribution in [0.2, 0.25) is 0 Å². The van der Waals surface area contributed by atoms with E-state index in [0.717, 1.165) is 32.8 Å². The highest BCUT2D eigenvalue weighted by Gasteiger charge is 2.12. The van der Waals surface area contributed by atoms with Crippen molar-refractivity contribution in [3.8, 4) is 5.75 Å². The number of ether oxygens (including phenoxy) is 1. The molecule has 21 heavy (non-hydrogen) atoms. The van der Waals surface area contributed by atoms with Gasteiger partial charge in [-0.05, 0) is 39.7 Å². The number of fused-ring (bicyclic) bond motifs is 1. The zero-order valence-electron chi connectivity index (χ0n) is 11.4. The molecule has 108 valence electrons. The van der Waals surface area contributed by atoms with E-state index < -0.39 is 0 Å². The van der Waals surface area contributed by atoms with Crippen molar-refractivity contribution in [3.63, 3.8) is 0 Å². The Hall–Kier alpha value is -1.59. The number of imidazole rings is 1. The molecule has 0 amide bonds. The highest BCUT2D eigenvalue weighted by atomic mass is 79.9. The molecule has 0 spiro atoms. The fourth-order valence-corrected chi connectivity index (χ4v) is 2.74. The van der Waals surface area contributed by atoms with E-state index in [4.69, 9.17) is 16.3 Å². The van der Waals surface area contributed by atoms with Gasteiger partial charge in [0.2, 0.25) is 0 Å². The largest absolute Gasteiger partial charge is 0.497 e. The first-order chi connectivity index (χ1) is 10.2. The van der Waals surface area contributed by atoms with Gasteiger partial charge in [0.1, 0.15) is 17.1 Å². The maximum Gasteiger partial charge on any atom is 0.160 e. The van der Waals surface area contributed by atoms with E-state index in [1.165, 1.54) is 0 Å². The second-order valence-electron chi connectivity index (χ2n) is 4.59. The van der Waals surface area contributed by atoms with E-state index in [1.54, 1.807) is 13.3 Å². The number of hydrogen-bond acceptors (Lipinski definition) is 3. The van der Waals surface area contributed by atoms with Gasteiger partial charge in [0, 0.05) is 10.7 Å². The summed E-state index contributed by atoms with van der Waals surface area (Å²) in [5.41, 5.74) is 2.82. The fourth-order valence-electron chi connectivity index (χ4n) is 2.21. The van der Waals surface area contributed by atoms with E-state index in [-0.39, 0.29) is 0 Å². The Morgan fingerprint density at radius 3 is 2.71 bits per heavy atom. The molecule has 3 rings (SSSR count). The zero-order valence-corrected chi connectivity index (χ0v) is 13.7. The Labute approximate surface area is 135 Å². The van der Waals surface area contributed by atoms with Crippen LogP contribution in [0.4, 0.5) is 0 Å². The van der Waals surface area contributed by atoms with Crippen molar-refractivity contribution >= 4 is 38.7 Å². The maximum atomic E-state index is 6.01. The molecule has 0 radical (unpaired) electrons. The number of methoxy groups -OCH3 is 1. The third-order valence-electron chi connectivity index (χ3n) is 3.25. The molecular formula is C15H13BrClN3O. The number of alkyl halides is 1. The van der Waals surface area contributed by atoms with Crippen LogP contribution in [-0.4, -0.2) is 21.6 Å². The van der Waals surface area contributed by atoms with Crippen molar-refractivity contribution in [1.82, 2.24) is 14.5 Å². The summed E-state index contributed by atoms with van der Waals surface area (Å²) in [6, 6.07) is 9.89. The molecule has 0 saturated carbocycles. The Kier molecular flexibility index (Phi) is 4.12. The van der Waals surface area contributed by atoms with Crippen LogP contribution < -0.4 is 4.74 Å². The van der Waals surface area contributed by atoms with Crippen LogP contribution in [0.3, 0.4) is 0 Å². The summed E-state index contributed by atoms with van der Waals surface area (Å²) in [6.07, 6.45) is 1.77. The smallest absolute Gasteiger partial charge is 0.160 e. The monoisotopic (exact) mass is 365 g/mol. The van der Waals surface area contributed by atoms with Gasteiger partial charge in [-0.15, -0.1) is 11.6 Å². The number of pyridine rings is 1. The highest BCUT2D eigenvalue weighted by Crippen LogP contribution is 2.21. The maximum absolute atomic E-state index is 6.01. The SMILES string of the molecule is COc1ccc(Cn2c(CCl)nc3cc(Br)cnc32)cc1. The molecule has 2 aromatic heterocycles. The molecule has 0 bridgehead atoms. The van der Waals surface area contributed by atoms with Crippen LogP contribution in [0, 0.1) is 0 Å². The van der Waals surface area contributed by atoms with E-state index in [0.29, 0.717) is 12.4 Å². The second-order valence-corrected chi connectivity index (χ2v) is 5.78. The fraction of sp³-hybridized carbons (Fsp3) is 0.200. The average Bonchev–Trinajstić information content (AvgIpc) is 2.85. The summed E-state index contributed by atoms with van der Waals surface area (Å²) < 4.78 is 8.12. The van der Waals surface area contributed by atoms with Crippen LogP contribution in [0.25, 0.3) is 11.2 Å². The molecule has 0 aliphatic carbocycles. The summed E-state index contributed by atoms with van der Waals surface area (Å²) in [6.45, 7) is 0.678. The van der Waals surface area contributed by atoms with Gasteiger partial charge in [0.25, 0.3) is 0 Å². The summed E-state index contributed by atoms with van der Waals surface area (Å²) in [7, 11) is 1.66. The predicted molar refractivity (Wildman–Crippen MR) is 86.9 cm³/mol. The molecule has 1 aromatic carbocycles. The van der Waals surface area contributed by atoms with E-state index >= 15 is 0 Å².